The summed E-state index contributed by atoms with van der Waals surface area (Å²) in [6.07, 6.45) is 1.03. The minimum atomic E-state index is 0.0813. The van der Waals surface area contributed by atoms with Crippen molar-refractivity contribution < 1.29 is 5.11 Å². The molecule has 0 radical (unpaired) electrons. The van der Waals surface area contributed by atoms with E-state index in [2.05, 4.69) is 17.1 Å². The molecule has 16 heavy (non-hydrogen) atoms. The topological polar surface area (TPSA) is 49.2 Å². The Morgan fingerprint density at radius 2 is 2.25 bits per heavy atom. The zero-order valence-electron chi connectivity index (χ0n) is 8.90. The van der Waals surface area contributed by atoms with Crippen LogP contribution >= 0.6 is 23.2 Å². The standard InChI is InChI=1S/C10H13Cl2N3O/c1-6-2-3-15(8(6)5-16)7-4-9(11)13-14-10(7)12/h4,6,8,16H,2-3,5H2,1H3. The summed E-state index contributed by atoms with van der Waals surface area (Å²) >= 11 is 11.8. The normalized spacial score (nSPS) is 25.1. The van der Waals surface area contributed by atoms with Gasteiger partial charge in [0.2, 0.25) is 0 Å². The zero-order valence-corrected chi connectivity index (χ0v) is 10.4. The molecule has 0 aromatic carbocycles. The molecule has 0 aliphatic carbocycles. The largest absolute Gasteiger partial charge is 0.394 e. The summed E-state index contributed by atoms with van der Waals surface area (Å²) in [5.74, 6) is 0.438. The highest BCUT2D eigenvalue weighted by molar-refractivity contribution is 6.33. The molecule has 2 rings (SSSR count). The van der Waals surface area contributed by atoms with Crippen molar-refractivity contribution in [1.29, 1.82) is 0 Å². The van der Waals surface area contributed by atoms with Crippen LogP contribution in [0.1, 0.15) is 13.3 Å². The van der Waals surface area contributed by atoms with Crippen molar-refractivity contribution in [3.8, 4) is 0 Å². The van der Waals surface area contributed by atoms with Gasteiger partial charge >= 0.3 is 0 Å². The molecule has 1 saturated heterocycles. The third-order valence-corrected chi connectivity index (χ3v) is 3.53. The first-order valence-electron chi connectivity index (χ1n) is 5.19. The Hall–Kier alpha value is -0.580. The number of hydrogen-bond donors (Lipinski definition) is 1. The molecular weight excluding hydrogens is 249 g/mol. The predicted octanol–water partition coefficient (Wildman–Crippen LogP) is 1.99. The fraction of sp³-hybridized carbons (Fsp3) is 0.600. The first kappa shape index (κ1) is 11.9. The van der Waals surface area contributed by atoms with Crippen LogP contribution in [-0.4, -0.2) is 34.5 Å². The van der Waals surface area contributed by atoms with Gasteiger partial charge in [0, 0.05) is 12.6 Å². The highest BCUT2D eigenvalue weighted by atomic mass is 35.5. The Bertz CT molecular complexity index is 388. The molecule has 0 saturated carbocycles. The summed E-state index contributed by atoms with van der Waals surface area (Å²) in [6, 6.07) is 1.77. The van der Waals surface area contributed by atoms with E-state index in [4.69, 9.17) is 23.2 Å². The van der Waals surface area contributed by atoms with E-state index in [1.807, 2.05) is 4.90 Å². The number of aromatic nitrogens is 2. The predicted molar refractivity (Wildman–Crippen MR) is 64.1 cm³/mol. The van der Waals surface area contributed by atoms with Crippen LogP contribution < -0.4 is 4.90 Å². The lowest BCUT2D eigenvalue weighted by Crippen LogP contribution is -2.35. The van der Waals surface area contributed by atoms with Gasteiger partial charge in [0.05, 0.1) is 18.3 Å². The van der Waals surface area contributed by atoms with E-state index in [9.17, 15) is 5.11 Å². The van der Waals surface area contributed by atoms with Crippen molar-refractivity contribution >= 4 is 28.9 Å². The van der Waals surface area contributed by atoms with Crippen LogP contribution in [0.25, 0.3) is 0 Å². The molecule has 2 heterocycles. The van der Waals surface area contributed by atoms with Crippen LogP contribution in [0.4, 0.5) is 5.69 Å². The second-order valence-electron chi connectivity index (χ2n) is 4.05. The minimum absolute atomic E-state index is 0.0813. The molecule has 1 aliphatic rings. The molecular formula is C10H13Cl2N3O. The molecule has 0 spiro atoms. The summed E-state index contributed by atoms with van der Waals surface area (Å²) in [5.41, 5.74) is 0.755. The molecule has 2 unspecified atom stereocenters. The quantitative estimate of drug-likeness (QED) is 0.885. The molecule has 1 aromatic heterocycles. The maximum Gasteiger partial charge on any atom is 0.175 e. The summed E-state index contributed by atoms with van der Waals surface area (Å²) in [5, 5.41) is 17.5. The van der Waals surface area contributed by atoms with Crippen LogP contribution in [-0.2, 0) is 0 Å². The van der Waals surface area contributed by atoms with Gasteiger partial charge in [-0.1, -0.05) is 30.1 Å². The Morgan fingerprint density at radius 1 is 1.50 bits per heavy atom. The fourth-order valence-corrected chi connectivity index (χ4v) is 2.47. The third kappa shape index (κ3) is 2.10. The maximum absolute atomic E-state index is 9.37. The first-order chi connectivity index (χ1) is 7.63. The van der Waals surface area contributed by atoms with E-state index in [0.29, 0.717) is 16.2 Å². The number of aliphatic hydroxyl groups is 1. The molecule has 1 N–H and O–H groups in total. The van der Waals surface area contributed by atoms with Gasteiger partial charge in [-0.3, -0.25) is 0 Å². The van der Waals surface area contributed by atoms with Crippen LogP contribution in [0, 0.1) is 5.92 Å². The van der Waals surface area contributed by atoms with Crippen LogP contribution in [0.5, 0.6) is 0 Å². The van der Waals surface area contributed by atoms with Gasteiger partial charge in [0.15, 0.2) is 10.3 Å². The van der Waals surface area contributed by atoms with Gasteiger partial charge in [-0.2, -0.15) is 0 Å². The number of halogens is 2. The highest BCUT2D eigenvalue weighted by Gasteiger charge is 2.32. The van der Waals surface area contributed by atoms with Gasteiger partial charge in [0.25, 0.3) is 0 Å². The van der Waals surface area contributed by atoms with Crippen molar-refractivity contribution in [3.63, 3.8) is 0 Å². The highest BCUT2D eigenvalue weighted by Crippen LogP contribution is 2.33. The fourth-order valence-electron chi connectivity index (χ4n) is 2.13. The summed E-state index contributed by atoms with van der Waals surface area (Å²) in [6.45, 7) is 3.08. The van der Waals surface area contributed by atoms with Gasteiger partial charge < -0.3 is 10.0 Å². The van der Waals surface area contributed by atoms with Crippen LogP contribution in [0.2, 0.25) is 10.3 Å². The van der Waals surface area contributed by atoms with Gasteiger partial charge in [-0.25, -0.2) is 0 Å². The van der Waals surface area contributed by atoms with E-state index in [0.717, 1.165) is 18.7 Å². The van der Waals surface area contributed by atoms with E-state index in [-0.39, 0.29) is 12.6 Å². The second kappa shape index (κ2) is 4.73. The van der Waals surface area contributed by atoms with Crippen molar-refractivity contribution in [3.05, 3.63) is 16.4 Å². The Labute approximate surface area is 104 Å². The summed E-state index contributed by atoms with van der Waals surface area (Å²) < 4.78 is 0. The molecule has 4 nitrogen and oxygen atoms in total. The SMILES string of the molecule is CC1CCN(c2cc(Cl)nnc2Cl)C1CO. The van der Waals surface area contributed by atoms with Crippen molar-refractivity contribution in [1.82, 2.24) is 10.2 Å². The minimum Gasteiger partial charge on any atom is -0.394 e. The molecule has 2 atom stereocenters. The average Bonchev–Trinajstić information content (AvgIpc) is 2.63. The van der Waals surface area contributed by atoms with E-state index in [1.165, 1.54) is 0 Å². The molecule has 6 heteroatoms. The first-order valence-corrected chi connectivity index (χ1v) is 5.95. The smallest absolute Gasteiger partial charge is 0.175 e. The Morgan fingerprint density at radius 3 is 2.94 bits per heavy atom. The maximum atomic E-state index is 9.37. The molecule has 1 fully saturated rings. The van der Waals surface area contributed by atoms with Gasteiger partial charge in [-0.15, -0.1) is 10.2 Å². The Kier molecular flexibility index (Phi) is 3.52. The molecule has 0 amide bonds. The van der Waals surface area contributed by atoms with Crippen molar-refractivity contribution in [2.75, 3.05) is 18.1 Å². The number of rotatable bonds is 2. The lowest BCUT2D eigenvalue weighted by molar-refractivity contribution is 0.244. The molecule has 88 valence electrons. The Balaban J connectivity index is 2.33. The lowest BCUT2D eigenvalue weighted by Gasteiger charge is -2.27. The summed E-state index contributed by atoms with van der Waals surface area (Å²) in [7, 11) is 0. The number of aliphatic hydroxyl groups excluding tert-OH is 1. The number of anilines is 1. The van der Waals surface area contributed by atoms with E-state index < -0.39 is 0 Å². The second-order valence-corrected chi connectivity index (χ2v) is 4.80. The van der Waals surface area contributed by atoms with Crippen LogP contribution in [0.15, 0.2) is 6.07 Å². The molecule has 0 bridgehead atoms. The van der Waals surface area contributed by atoms with Gasteiger partial charge in [-0.05, 0) is 12.3 Å². The lowest BCUT2D eigenvalue weighted by atomic mass is 10.0. The number of nitrogens with zero attached hydrogens (tertiary/aromatic N) is 3. The van der Waals surface area contributed by atoms with Crippen LogP contribution in [0.3, 0.4) is 0 Å². The summed E-state index contributed by atoms with van der Waals surface area (Å²) in [4.78, 5) is 2.05. The van der Waals surface area contributed by atoms with E-state index in [1.54, 1.807) is 6.07 Å². The number of hydrogen-bond acceptors (Lipinski definition) is 4. The zero-order chi connectivity index (χ0) is 11.7. The van der Waals surface area contributed by atoms with Crippen molar-refractivity contribution in [2.24, 2.45) is 5.92 Å². The molecule has 1 aromatic rings. The molecule has 1 aliphatic heterocycles. The average molecular weight is 262 g/mol. The third-order valence-electron chi connectivity index (χ3n) is 3.08. The van der Waals surface area contributed by atoms with Crippen molar-refractivity contribution in [2.45, 2.75) is 19.4 Å². The monoisotopic (exact) mass is 261 g/mol. The van der Waals surface area contributed by atoms with Gasteiger partial charge in [0.1, 0.15) is 0 Å². The van der Waals surface area contributed by atoms with E-state index >= 15 is 0 Å².